The zero-order valence-electron chi connectivity index (χ0n) is 16.8. The predicted octanol–water partition coefficient (Wildman–Crippen LogP) is 3.41. The van der Waals surface area contributed by atoms with Crippen LogP contribution in [-0.2, 0) is 14.3 Å². The van der Waals surface area contributed by atoms with Crippen molar-refractivity contribution in [1.29, 1.82) is 0 Å². The Balaban J connectivity index is 1.83. The van der Waals surface area contributed by atoms with Gasteiger partial charge < -0.3 is 19.7 Å². The summed E-state index contributed by atoms with van der Waals surface area (Å²) in [5, 5.41) is 11.9. The van der Waals surface area contributed by atoms with Crippen molar-refractivity contribution >= 4 is 28.4 Å². The maximum Gasteiger partial charge on any atom is 0.295 e. The van der Waals surface area contributed by atoms with Crippen LogP contribution < -0.4 is 0 Å². The van der Waals surface area contributed by atoms with Crippen LogP contribution in [0.25, 0.3) is 16.7 Å². The quantitative estimate of drug-likeness (QED) is 0.372. The van der Waals surface area contributed by atoms with Crippen molar-refractivity contribution in [1.82, 2.24) is 14.9 Å². The standard InChI is InChI=1S/C23H23N3O4/c1-14(2)30-12-11-26-20(18-9-5-6-10-24-18)19(22(28)23(26)29)21(27)16-13-25-17-8-4-3-7-15(16)17/h3-10,13-14,20,25,27H,11-12H2,1-2H3/b21-19-. The van der Waals surface area contributed by atoms with Gasteiger partial charge in [-0.25, -0.2) is 0 Å². The van der Waals surface area contributed by atoms with Gasteiger partial charge in [-0.05, 0) is 32.0 Å². The van der Waals surface area contributed by atoms with E-state index in [2.05, 4.69) is 9.97 Å². The maximum absolute atomic E-state index is 13.0. The van der Waals surface area contributed by atoms with Gasteiger partial charge in [0, 0.05) is 35.4 Å². The first kappa shape index (κ1) is 19.8. The molecule has 4 rings (SSSR count). The van der Waals surface area contributed by atoms with Crippen LogP contribution in [0.1, 0.15) is 31.1 Å². The summed E-state index contributed by atoms with van der Waals surface area (Å²) >= 11 is 0. The smallest absolute Gasteiger partial charge is 0.295 e. The lowest BCUT2D eigenvalue weighted by Crippen LogP contribution is -2.33. The van der Waals surface area contributed by atoms with E-state index in [1.807, 2.05) is 38.1 Å². The average molecular weight is 405 g/mol. The molecular formula is C23H23N3O4. The number of likely N-dealkylation sites (tertiary alicyclic amines) is 1. The van der Waals surface area contributed by atoms with E-state index in [0.29, 0.717) is 11.3 Å². The van der Waals surface area contributed by atoms with Gasteiger partial charge in [-0.15, -0.1) is 0 Å². The van der Waals surface area contributed by atoms with Crippen molar-refractivity contribution in [2.24, 2.45) is 0 Å². The number of nitrogens with zero attached hydrogens (tertiary/aromatic N) is 2. The molecule has 0 saturated carbocycles. The Morgan fingerprint density at radius 1 is 1.20 bits per heavy atom. The molecule has 1 amide bonds. The van der Waals surface area contributed by atoms with Crippen molar-refractivity contribution in [3.05, 3.63) is 71.7 Å². The van der Waals surface area contributed by atoms with Gasteiger partial charge in [-0.3, -0.25) is 14.6 Å². The van der Waals surface area contributed by atoms with Crippen molar-refractivity contribution < 1.29 is 19.4 Å². The number of H-pyrrole nitrogens is 1. The first-order valence-electron chi connectivity index (χ1n) is 9.86. The number of amides is 1. The summed E-state index contributed by atoms with van der Waals surface area (Å²) in [7, 11) is 0. The Hall–Kier alpha value is -3.45. The Labute approximate surface area is 174 Å². The monoisotopic (exact) mass is 405 g/mol. The molecule has 1 aliphatic heterocycles. The molecule has 1 aromatic carbocycles. The van der Waals surface area contributed by atoms with Gasteiger partial charge in [0.25, 0.3) is 11.7 Å². The fourth-order valence-electron chi connectivity index (χ4n) is 3.76. The first-order chi connectivity index (χ1) is 14.5. The highest BCUT2D eigenvalue weighted by Gasteiger charge is 2.46. The van der Waals surface area contributed by atoms with Crippen molar-refractivity contribution in [2.45, 2.75) is 26.0 Å². The minimum atomic E-state index is -0.782. The Morgan fingerprint density at radius 2 is 1.97 bits per heavy atom. The van der Waals surface area contributed by atoms with Gasteiger partial charge in [0.05, 0.1) is 24.0 Å². The summed E-state index contributed by atoms with van der Waals surface area (Å²) in [6.07, 6.45) is 3.25. The van der Waals surface area contributed by atoms with Gasteiger partial charge in [0.15, 0.2) is 0 Å². The number of carbonyl (C=O) groups excluding carboxylic acids is 2. The third kappa shape index (κ3) is 3.48. The van der Waals surface area contributed by atoms with Crippen LogP contribution in [-0.4, -0.2) is 50.9 Å². The highest BCUT2D eigenvalue weighted by atomic mass is 16.5. The Morgan fingerprint density at radius 3 is 2.70 bits per heavy atom. The van der Waals surface area contributed by atoms with Crippen LogP contribution in [0.2, 0.25) is 0 Å². The Kier molecular flexibility index (Phi) is 5.37. The van der Waals surface area contributed by atoms with Crippen LogP contribution in [0.5, 0.6) is 0 Å². The summed E-state index contributed by atoms with van der Waals surface area (Å²) in [5.74, 6) is -1.61. The van der Waals surface area contributed by atoms with E-state index in [1.54, 1.807) is 30.6 Å². The molecule has 1 atom stereocenters. The molecule has 0 bridgehead atoms. The molecule has 2 aromatic heterocycles. The number of para-hydroxylation sites is 1. The topological polar surface area (TPSA) is 95.5 Å². The van der Waals surface area contributed by atoms with E-state index in [9.17, 15) is 14.7 Å². The number of ether oxygens (including phenoxy) is 1. The number of aromatic amines is 1. The van der Waals surface area contributed by atoms with Crippen LogP contribution in [0.15, 0.2) is 60.4 Å². The van der Waals surface area contributed by atoms with Gasteiger partial charge in [-0.2, -0.15) is 0 Å². The van der Waals surface area contributed by atoms with E-state index < -0.39 is 17.7 Å². The molecular weight excluding hydrogens is 382 g/mol. The van der Waals surface area contributed by atoms with Crippen LogP contribution in [0, 0.1) is 0 Å². The predicted molar refractivity (Wildman–Crippen MR) is 113 cm³/mol. The maximum atomic E-state index is 13.0. The normalized spacial score (nSPS) is 18.6. The molecule has 1 aliphatic rings. The molecule has 1 unspecified atom stereocenters. The van der Waals surface area contributed by atoms with Crippen molar-refractivity contribution in [2.75, 3.05) is 13.2 Å². The van der Waals surface area contributed by atoms with E-state index in [1.165, 1.54) is 4.90 Å². The number of aliphatic hydroxyl groups excluding tert-OH is 1. The number of nitrogens with one attached hydrogen (secondary N) is 1. The minimum absolute atomic E-state index is 0.00124. The van der Waals surface area contributed by atoms with Gasteiger partial charge >= 0.3 is 0 Å². The average Bonchev–Trinajstić information content (AvgIpc) is 3.28. The number of aliphatic hydroxyl groups is 1. The zero-order valence-corrected chi connectivity index (χ0v) is 16.8. The molecule has 154 valence electrons. The number of rotatable bonds is 6. The molecule has 0 spiro atoms. The number of carbonyl (C=O) groups is 2. The lowest BCUT2D eigenvalue weighted by atomic mass is 9.98. The molecule has 0 radical (unpaired) electrons. The number of Topliss-reactive ketones (excluding diaryl/α,β-unsaturated/α-hetero) is 1. The number of hydrogen-bond donors (Lipinski definition) is 2. The van der Waals surface area contributed by atoms with Gasteiger partial charge in [-0.1, -0.05) is 24.3 Å². The molecule has 3 aromatic rings. The van der Waals surface area contributed by atoms with E-state index in [0.717, 1.165) is 10.9 Å². The lowest BCUT2D eigenvalue weighted by Gasteiger charge is -2.24. The molecule has 1 fully saturated rings. The molecule has 30 heavy (non-hydrogen) atoms. The third-order valence-electron chi connectivity index (χ3n) is 5.14. The van der Waals surface area contributed by atoms with E-state index >= 15 is 0 Å². The van der Waals surface area contributed by atoms with E-state index in [-0.39, 0.29) is 30.6 Å². The summed E-state index contributed by atoms with van der Waals surface area (Å²) in [6, 6.07) is 12.0. The number of aromatic nitrogens is 2. The number of benzene rings is 1. The summed E-state index contributed by atoms with van der Waals surface area (Å²) in [5.41, 5.74) is 1.85. The van der Waals surface area contributed by atoms with Crippen LogP contribution in [0.3, 0.4) is 0 Å². The number of pyridine rings is 1. The fraction of sp³-hybridized carbons (Fsp3) is 0.261. The third-order valence-corrected chi connectivity index (χ3v) is 5.14. The Bertz CT molecular complexity index is 1120. The molecule has 7 heteroatoms. The SMILES string of the molecule is CC(C)OCCN1C(=O)C(=O)/C(=C(\O)c2c[nH]c3ccccc23)C1c1ccccn1. The van der Waals surface area contributed by atoms with Gasteiger partial charge in [0.1, 0.15) is 11.8 Å². The molecule has 1 saturated heterocycles. The minimum Gasteiger partial charge on any atom is -0.507 e. The highest BCUT2D eigenvalue weighted by molar-refractivity contribution is 6.46. The summed E-state index contributed by atoms with van der Waals surface area (Å²) < 4.78 is 5.59. The highest BCUT2D eigenvalue weighted by Crippen LogP contribution is 2.39. The largest absolute Gasteiger partial charge is 0.507 e. The molecule has 2 N–H and O–H groups in total. The molecule has 3 heterocycles. The summed E-state index contributed by atoms with van der Waals surface area (Å²) in [4.78, 5) is 34.7. The zero-order chi connectivity index (χ0) is 21.3. The van der Waals surface area contributed by atoms with Crippen molar-refractivity contribution in [3.8, 4) is 0 Å². The fourth-order valence-corrected chi connectivity index (χ4v) is 3.76. The van der Waals surface area contributed by atoms with E-state index in [4.69, 9.17) is 4.74 Å². The number of ketones is 1. The molecule has 0 aliphatic carbocycles. The summed E-state index contributed by atoms with van der Waals surface area (Å²) in [6.45, 7) is 4.30. The van der Waals surface area contributed by atoms with Crippen molar-refractivity contribution in [3.63, 3.8) is 0 Å². The molecule has 7 nitrogen and oxygen atoms in total. The van der Waals surface area contributed by atoms with Crippen LogP contribution in [0.4, 0.5) is 0 Å². The lowest BCUT2D eigenvalue weighted by molar-refractivity contribution is -0.140. The first-order valence-corrected chi connectivity index (χ1v) is 9.86. The second kappa shape index (κ2) is 8.12. The second-order valence-corrected chi connectivity index (χ2v) is 7.41. The second-order valence-electron chi connectivity index (χ2n) is 7.41. The number of fused-ring (bicyclic) bond motifs is 1. The number of hydrogen-bond acceptors (Lipinski definition) is 5. The van der Waals surface area contributed by atoms with Crippen LogP contribution >= 0.6 is 0 Å². The van der Waals surface area contributed by atoms with Gasteiger partial charge in [0.2, 0.25) is 0 Å².